The molecule has 5 nitrogen and oxygen atoms in total. The second-order valence-electron chi connectivity index (χ2n) is 4.69. The van der Waals surface area contributed by atoms with E-state index in [1.807, 2.05) is 36.4 Å². The lowest BCUT2D eigenvalue weighted by Crippen LogP contribution is -2.36. The fraction of sp³-hybridized carbons (Fsp3) is 0. The number of nitrogens with one attached hydrogen (secondary N) is 2. The van der Waals surface area contributed by atoms with Crippen LogP contribution in [0.5, 0.6) is 5.75 Å². The fourth-order valence-electron chi connectivity index (χ4n) is 1.97. The van der Waals surface area contributed by atoms with Crippen LogP contribution in [0.25, 0.3) is 6.08 Å². The lowest BCUT2D eigenvalue weighted by atomic mass is 10.1. The largest absolute Gasteiger partial charge is 0.417 e. The van der Waals surface area contributed by atoms with Crippen LogP contribution in [-0.4, -0.2) is 16.8 Å². The number of hydrogen-bond acceptors (Lipinski definition) is 5. The van der Waals surface area contributed by atoms with Gasteiger partial charge in [-0.05, 0) is 29.8 Å². The number of nitrogens with zero attached hydrogens (tertiary/aromatic N) is 1. The second kappa shape index (κ2) is 6.85. The molecule has 0 radical (unpaired) electrons. The Morgan fingerprint density at radius 1 is 1.04 bits per heavy atom. The highest BCUT2D eigenvalue weighted by atomic mass is 32.1. The van der Waals surface area contributed by atoms with E-state index in [0.717, 1.165) is 11.3 Å². The zero-order valence-corrected chi connectivity index (χ0v) is 12.8. The smallest absolute Gasteiger partial charge is 0.410 e. The van der Waals surface area contributed by atoms with Crippen LogP contribution in [0.4, 0.5) is 10.5 Å². The maximum absolute atomic E-state index is 11.8. The average Bonchev–Trinajstić information content (AvgIpc) is 2.78. The Morgan fingerprint density at radius 3 is 2.61 bits per heavy atom. The van der Waals surface area contributed by atoms with Crippen molar-refractivity contribution in [2.75, 3.05) is 5.43 Å². The quantitative estimate of drug-likeness (QED) is 0.829. The Bertz CT molecular complexity index is 800. The van der Waals surface area contributed by atoms with Crippen molar-refractivity contribution in [1.82, 2.24) is 5.32 Å². The van der Waals surface area contributed by atoms with Crippen LogP contribution in [0.1, 0.15) is 5.56 Å². The normalized spacial score (nSPS) is 12.3. The van der Waals surface area contributed by atoms with Gasteiger partial charge in [-0.2, -0.15) is 5.10 Å². The van der Waals surface area contributed by atoms with Gasteiger partial charge in [0.1, 0.15) is 16.4 Å². The van der Waals surface area contributed by atoms with Gasteiger partial charge in [-0.15, -0.1) is 0 Å². The highest BCUT2D eigenvalue weighted by Crippen LogP contribution is 2.18. The highest BCUT2D eigenvalue weighted by molar-refractivity contribution is 7.82. The lowest BCUT2D eigenvalue weighted by molar-refractivity contribution is 0.206. The third kappa shape index (κ3) is 3.81. The first-order valence-electron chi connectivity index (χ1n) is 6.91. The van der Waals surface area contributed by atoms with Crippen molar-refractivity contribution >= 4 is 40.8 Å². The van der Waals surface area contributed by atoms with Crippen molar-refractivity contribution in [3.8, 4) is 5.75 Å². The molecule has 2 aromatic carbocycles. The molecule has 1 aliphatic rings. The molecule has 2 aromatic rings. The lowest BCUT2D eigenvalue weighted by Gasteiger charge is -2.07. The third-order valence-corrected chi connectivity index (χ3v) is 3.39. The molecule has 0 bridgehead atoms. The summed E-state index contributed by atoms with van der Waals surface area (Å²) in [6.45, 7) is 0. The maximum atomic E-state index is 11.8. The monoisotopic (exact) mass is 323 g/mol. The van der Waals surface area contributed by atoms with Crippen molar-refractivity contribution in [2.45, 2.75) is 0 Å². The number of hydrazone groups is 1. The number of benzene rings is 2. The number of carbonyl (C=O) groups excluding carboxylic acids is 1. The summed E-state index contributed by atoms with van der Waals surface area (Å²) in [7, 11) is 0. The Balaban J connectivity index is 1.65. The molecule has 0 saturated carbocycles. The van der Waals surface area contributed by atoms with Crippen molar-refractivity contribution in [2.24, 2.45) is 5.10 Å². The molecule has 0 aliphatic carbocycles. The molecule has 3 rings (SSSR count). The Labute approximate surface area is 138 Å². The molecule has 0 spiro atoms. The second-order valence-corrected chi connectivity index (χ2v) is 5.09. The molecular weight excluding hydrogens is 310 g/mol. The fourth-order valence-corrected chi connectivity index (χ4v) is 2.17. The Kier molecular flexibility index (Phi) is 4.44. The molecule has 0 unspecified atom stereocenters. The first-order chi connectivity index (χ1) is 11.2. The zero-order valence-electron chi connectivity index (χ0n) is 12.0. The molecule has 0 aromatic heterocycles. The average molecular weight is 323 g/mol. The van der Waals surface area contributed by atoms with Gasteiger partial charge in [-0.3, -0.25) is 10.7 Å². The highest BCUT2D eigenvalue weighted by Gasteiger charge is 2.12. The number of amides is 1. The molecule has 1 amide bonds. The van der Waals surface area contributed by atoms with Crippen LogP contribution in [0.2, 0.25) is 0 Å². The summed E-state index contributed by atoms with van der Waals surface area (Å²) in [6.07, 6.45) is 2.97. The predicted molar refractivity (Wildman–Crippen MR) is 94.7 cm³/mol. The number of carbonyl (C=O) groups is 1. The van der Waals surface area contributed by atoms with Crippen LogP contribution < -0.4 is 15.5 Å². The van der Waals surface area contributed by atoms with E-state index >= 15 is 0 Å². The standard InChI is InChI=1S/C17H13N3O2S/c21-17(22-13-7-2-1-3-8-13)18-16(23)15-11-10-12-6-4-5-9-14(12)19-20-15/h1-11,19H,(H,18,21,23). The van der Waals surface area contributed by atoms with E-state index in [0.29, 0.717) is 11.5 Å². The summed E-state index contributed by atoms with van der Waals surface area (Å²) in [5.74, 6) is 0.441. The number of thiocarbonyl (C=S) groups is 1. The van der Waals surface area contributed by atoms with Gasteiger partial charge in [0.25, 0.3) is 0 Å². The van der Waals surface area contributed by atoms with Crippen molar-refractivity contribution in [3.63, 3.8) is 0 Å². The van der Waals surface area contributed by atoms with Gasteiger partial charge in [0, 0.05) is 0 Å². The van der Waals surface area contributed by atoms with Gasteiger partial charge in [-0.25, -0.2) is 4.79 Å². The van der Waals surface area contributed by atoms with Crippen molar-refractivity contribution in [1.29, 1.82) is 0 Å². The van der Waals surface area contributed by atoms with Gasteiger partial charge in [0.15, 0.2) is 0 Å². The van der Waals surface area contributed by atoms with E-state index in [9.17, 15) is 4.79 Å². The minimum Gasteiger partial charge on any atom is -0.410 e. The molecule has 0 fully saturated rings. The molecule has 2 N–H and O–H groups in total. The van der Waals surface area contributed by atoms with E-state index < -0.39 is 6.09 Å². The van der Waals surface area contributed by atoms with Crippen LogP contribution in [-0.2, 0) is 0 Å². The van der Waals surface area contributed by atoms with E-state index in [-0.39, 0.29) is 4.99 Å². The third-order valence-electron chi connectivity index (χ3n) is 3.08. The summed E-state index contributed by atoms with van der Waals surface area (Å²) in [5, 5.41) is 6.69. The SMILES string of the molecule is O=C(NC(=S)C1=NNc2ccccc2C=C1)Oc1ccccc1. The Morgan fingerprint density at radius 2 is 1.78 bits per heavy atom. The summed E-state index contributed by atoms with van der Waals surface area (Å²) >= 11 is 5.20. The van der Waals surface area contributed by atoms with Crippen molar-refractivity contribution < 1.29 is 9.53 Å². The molecule has 0 saturated heterocycles. The topological polar surface area (TPSA) is 62.7 Å². The summed E-state index contributed by atoms with van der Waals surface area (Å²) in [5.41, 5.74) is 5.23. The summed E-state index contributed by atoms with van der Waals surface area (Å²) < 4.78 is 5.13. The molecule has 6 heteroatoms. The molecule has 1 aliphatic heterocycles. The number of hydrogen-bond donors (Lipinski definition) is 2. The van der Waals surface area contributed by atoms with Crippen molar-refractivity contribution in [3.05, 3.63) is 66.2 Å². The molecule has 1 heterocycles. The molecule has 23 heavy (non-hydrogen) atoms. The minimum atomic E-state index is -0.654. The molecular formula is C17H13N3O2S. The summed E-state index contributed by atoms with van der Waals surface area (Å²) in [4.78, 5) is 12.0. The van der Waals surface area contributed by atoms with E-state index in [2.05, 4.69) is 15.8 Å². The van der Waals surface area contributed by atoms with Gasteiger partial charge in [-0.1, -0.05) is 54.7 Å². The van der Waals surface area contributed by atoms with Gasteiger partial charge in [0.05, 0.1) is 5.69 Å². The zero-order chi connectivity index (χ0) is 16.1. The molecule has 0 atom stereocenters. The number of ether oxygens (including phenoxy) is 1. The van der Waals surface area contributed by atoms with Gasteiger partial charge in [0.2, 0.25) is 0 Å². The first kappa shape index (κ1) is 14.9. The van der Waals surface area contributed by atoms with Crippen LogP contribution >= 0.6 is 12.2 Å². The van der Waals surface area contributed by atoms with Crippen LogP contribution in [0, 0.1) is 0 Å². The van der Waals surface area contributed by atoms with Gasteiger partial charge < -0.3 is 4.74 Å². The first-order valence-corrected chi connectivity index (χ1v) is 7.32. The summed E-state index contributed by atoms with van der Waals surface area (Å²) in [6, 6.07) is 16.5. The molecule has 114 valence electrons. The maximum Gasteiger partial charge on any atom is 0.417 e. The Hall–Kier alpha value is -2.99. The van der Waals surface area contributed by atoms with Crippen LogP contribution in [0.15, 0.2) is 65.8 Å². The predicted octanol–water partition coefficient (Wildman–Crippen LogP) is 3.60. The minimum absolute atomic E-state index is 0.183. The number of anilines is 1. The van der Waals surface area contributed by atoms with E-state index in [4.69, 9.17) is 17.0 Å². The number of fused-ring (bicyclic) bond motifs is 1. The van der Waals surface area contributed by atoms with Gasteiger partial charge >= 0.3 is 6.09 Å². The number of rotatable bonds is 2. The van der Waals surface area contributed by atoms with E-state index in [1.54, 1.807) is 30.3 Å². The number of para-hydroxylation sites is 2. The van der Waals surface area contributed by atoms with Crippen LogP contribution in [0.3, 0.4) is 0 Å². The van der Waals surface area contributed by atoms with E-state index in [1.165, 1.54) is 0 Å².